The Morgan fingerprint density at radius 1 is 1.21 bits per heavy atom. The van der Waals surface area contributed by atoms with Crippen molar-refractivity contribution in [1.29, 1.82) is 0 Å². The highest BCUT2D eigenvalue weighted by Crippen LogP contribution is 2.44. The number of hydrogen-bond acceptors (Lipinski definition) is 5. The van der Waals surface area contributed by atoms with Crippen LogP contribution in [0.25, 0.3) is 5.65 Å². The first-order valence-electron chi connectivity index (χ1n) is 10.3. The molecule has 2 atom stereocenters. The summed E-state index contributed by atoms with van der Waals surface area (Å²) in [6, 6.07) is 8.66. The van der Waals surface area contributed by atoms with Crippen molar-refractivity contribution in [1.82, 2.24) is 19.5 Å². The van der Waals surface area contributed by atoms with Crippen molar-refractivity contribution in [2.24, 2.45) is 0 Å². The lowest BCUT2D eigenvalue weighted by molar-refractivity contribution is 0.165. The molecule has 6 nitrogen and oxygen atoms in total. The molecule has 2 bridgehead atoms. The second-order valence-corrected chi connectivity index (χ2v) is 9.34. The fourth-order valence-corrected chi connectivity index (χ4v) is 4.84. The molecule has 1 N–H and O–H groups in total. The molecule has 0 saturated carbocycles. The average Bonchev–Trinajstić information content (AvgIpc) is 3.22. The topological polar surface area (TPSA) is 62.9 Å². The van der Waals surface area contributed by atoms with Crippen molar-refractivity contribution in [3.05, 3.63) is 53.0 Å². The zero-order valence-corrected chi connectivity index (χ0v) is 17.5. The standard InChI is InChI=1S/C23H28N4O2/c1-23(2,3)21-11-22-24-12-16-17-7-6-15(10-18(16)27(22)25-21)26(17)13-14-5-8-20(29-4)19(28)9-14/h5,8-9,11-12,15,17,28H,6-7,10,13H2,1-4H3/t15-,17-/m1/s1. The zero-order valence-electron chi connectivity index (χ0n) is 17.5. The van der Waals surface area contributed by atoms with Gasteiger partial charge in [-0.1, -0.05) is 26.8 Å². The van der Waals surface area contributed by atoms with Crippen molar-refractivity contribution in [2.45, 2.75) is 64.1 Å². The first-order chi connectivity index (χ1) is 13.8. The van der Waals surface area contributed by atoms with Gasteiger partial charge in [-0.25, -0.2) is 9.50 Å². The Morgan fingerprint density at radius 3 is 2.76 bits per heavy atom. The summed E-state index contributed by atoms with van der Waals surface area (Å²) in [4.78, 5) is 7.30. The van der Waals surface area contributed by atoms with Gasteiger partial charge in [0, 0.05) is 48.3 Å². The number of ether oxygens (including phenoxy) is 1. The van der Waals surface area contributed by atoms with Gasteiger partial charge >= 0.3 is 0 Å². The Hall–Kier alpha value is -2.60. The van der Waals surface area contributed by atoms with Crippen LogP contribution in [0.3, 0.4) is 0 Å². The largest absolute Gasteiger partial charge is 0.504 e. The Balaban J connectivity index is 1.49. The van der Waals surface area contributed by atoms with Gasteiger partial charge in [0.2, 0.25) is 0 Å². The van der Waals surface area contributed by atoms with Crippen LogP contribution in [-0.2, 0) is 18.4 Å². The van der Waals surface area contributed by atoms with E-state index in [0.29, 0.717) is 17.8 Å². The Kier molecular flexibility index (Phi) is 4.10. The van der Waals surface area contributed by atoms with Crippen molar-refractivity contribution in [2.75, 3.05) is 7.11 Å². The summed E-state index contributed by atoms with van der Waals surface area (Å²) in [7, 11) is 1.57. The van der Waals surface area contributed by atoms with Gasteiger partial charge in [0.05, 0.1) is 18.5 Å². The van der Waals surface area contributed by atoms with Gasteiger partial charge in [-0.3, -0.25) is 4.90 Å². The molecular weight excluding hydrogens is 364 g/mol. The van der Waals surface area contributed by atoms with E-state index in [9.17, 15) is 5.11 Å². The lowest BCUT2D eigenvalue weighted by Crippen LogP contribution is -2.38. The third kappa shape index (κ3) is 2.97. The second kappa shape index (κ2) is 6.46. The highest BCUT2D eigenvalue weighted by molar-refractivity contribution is 5.46. The van der Waals surface area contributed by atoms with E-state index >= 15 is 0 Å². The van der Waals surface area contributed by atoms with Gasteiger partial charge in [-0.2, -0.15) is 5.10 Å². The summed E-state index contributed by atoms with van der Waals surface area (Å²) < 4.78 is 7.26. The maximum absolute atomic E-state index is 10.1. The molecular formula is C23H28N4O2. The molecule has 0 unspecified atom stereocenters. The van der Waals surface area contributed by atoms with E-state index in [-0.39, 0.29) is 11.2 Å². The van der Waals surface area contributed by atoms with Crippen LogP contribution in [0, 0.1) is 0 Å². The second-order valence-electron chi connectivity index (χ2n) is 9.34. The third-order valence-corrected chi connectivity index (χ3v) is 6.42. The molecule has 6 heteroatoms. The molecule has 1 saturated heterocycles. The zero-order chi connectivity index (χ0) is 20.3. The molecule has 29 heavy (non-hydrogen) atoms. The number of aromatic hydroxyl groups is 1. The Morgan fingerprint density at radius 2 is 2.03 bits per heavy atom. The SMILES string of the molecule is COc1ccc(CN2[C@@H]3CC[C@@H]2c2cnc4cc(C(C)(C)C)nn4c2C3)cc1O. The lowest BCUT2D eigenvalue weighted by atomic mass is 9.93. The van der Waals surface area contributed by atoms with E-state index in [2.05, 4.69) is 42.4 Å². The molecule has 2 aliphatic heterocycles. The average molecular weight is 393 g/mol. The Labute approximate surface area is 171 Å². The van der Waals surface area contributed by atoms with Crippen LogP contribution in [-0.4, -0.2) is 37.8 Å². The van der Waals surface area contributed by atoms with Crippen LogP contribution in [0.5, 0.6) is 11.5 Å². The van der Waals surface area contributed by atoms with Crippen LogP contribution >= 0.6 is 0 Å². The maximum atomic E-state index is 10.1. The summed E-state index contributed by atoms with van der Waals surface area (Å²) >= 11 is 0. The number of methoxy groups -OCH3 is 1. The predicted molar refractivity (Wildman–Crippen MR) is 111 cm³/mol. The number of fused-ring (bicyclic) bond motifs is 6. The first kappa shape index (κ1) is 18.4. The predicted octanol–water partition coefficient (Wildman–Crippen LogP) is 4.00. The van der Waals surface area contributed by atoms with E-state index in [1.54, 1.807) is 7.11 Å². The smallest absolute Gasteiger partial charge is 0.160 e. The lowest BCUT2D eigenvalue weighted by Gasteiger charge is -2.36. The minimum atomic E-state index is 0.0106. The highest BCUT2D eigenvalue weighted by Gasteiger charge is 2.41. The van der Waals surface area contributed by atoms with Crippen LogP contribution < -0.4 is 4.74 Å². The molecule has 0 aliphatic carbocycles. The molecule has 5 rings (SSSR count). The molecule has 4 heterocycles. The normalized spacial score (nSPS) is 21.5. The minimum Gasteiger partial charge on any atom is -0.504 e. The quantitative estimate of drug-likeness (QED) is 0.730. The van der Waals surface area contributed by atoms with Crippen LogP contribution in [0.2, 0.25) is 0 Å². The summed E-state index contributed by atoms with van der Waals surface area (Å²) in [5, 5.41) is 15.1. The summed E-state index contributed by atoms with van der Waals surface area (Å²) in [5.74, 6) is 0.713. The number of phenolic OH excluding ortho intramolecular Hbond substituents is 1. The van der Waals surface area contributed by atoms with E-state index in [1.807, 2.05) is 18.2 Å². The maximum Gasteiger partial charge on any atom is 0.160 e. The molecule has 0 amide bonds. The van der Waals surface area contributed by atoms with Gasteiger partial charge in [-0.15, -0.1) is 0 Å². The van der Waals surface area contributed by atoms with Crippen LogP contribution in [0.15, 0.2) is 30.5 Å². The van der Waals surface area contributed by atoms with E-state index in [1.165, 1.54) is 17.7 Å². The minimum absolute atomic E-state index is 0.0106. The number of rotatable bonds is 3. The number of benzene rings is 1. The number of aromatic nitrogens is 3. The van der Waals surface area contributed by atoms with Gasteiger partial charge < -0.3 is 9.84 Å². The number of phenols is 1. The third-order valence-electron chi connectivity index (χ3n) is 6.42. The summed E-state index contributed by atoms with van der Waals surface area (Å²) in [6.45, 7) is 7.39. The molecule has 0 radical (unpaired) electrons. The van der Waals surface area contributed by atoms with E-state index in [4.69, 9.17) is 14.8 Å². The van der Waals surface area contributed by atoms with Crippen molar-refractivity contribution in [3.8, 4) is 11.5 Å². The van der Waals surface area contributed by atoms with E-state index < -0.39 is 0 Å². The van der Waals surface area contributed by atoms with Gasteiger partial charge in [0.25, 0.3) is 0 Å². The fourth-order valence-electron chi connectivity index (χ4n) is 4.84. The van der Waals surface area contributed by atoms with Crippen molar-refractivity contribution >= 4 is 5.65 Å². The molecule has 152 valence electrons. The molecule has 3 aromatic rings. The van der Waals surface area contributed by atoms with Gasteiger partial charge in [-0.05, 0) is 30.5 Å². The summed E-state index contributed by atoms with van der Waals surface area (Å²) in [5.41, 5.74) is 5.76. The number of hydrogen-bond donors (Lipinski definition) is 1. The molecule has 0 spiro atoms. The fraction of sp³-hybridized carbons (Fsp3) is 0.478. The summed E-state index contributed by atoms with van der Waals surface area (Å²) in [6.07, 6.45) is 5.36. The van der Waals surface area contributed by atoms with Gasteiger partial charge in [0.1, 0.15) is 0 Å². The molecule has 2 aliphatic rings. The Bertz CT molecular complexity index is 1080. The monoisotopic (exact) mass is 392 g/mol. The molecule has 1 fully saturated rings. The number of nitrogens with zero attached hydrogens (tertiary/aromatic N) is 4. The highest BCUT2D eigenvalue weighted by atomic mass is 16.5. The van der Waals surface area contributed by atoms with Crippen molar-refractivity contribution in [3.63, 3.8) is 0 Å². The first-order valence-corrected chi connectivity index (χ1v) is 10.3. The van der Waals surface area contributed by atoms with Crippen LogP contribution in [0.1, 0.15) is 62.2 Å². The van der Waals surface area contributed by atoms with E-state index in [0.717, 1.165) is 36.3 Å². The van der Waals surface area contributed by atoms with Crippen molar-refractivity contribution < 1.29 is 9.84 Å². The molecule has 2 aromatic heterocycles. The van der Waals surface area contributed by atoms with Gasteiger partial charge in [0.15, 0.2) is 17.1 Å². The molecule has 1 aromatic carbocycles. The van der Waals surface area contributed by atoms with Crippen LogP contribution in [0.4, 0.5) is 0 Å².